The van der Waals surface area contributed by atoms with Crippen LogP contribution in [-0.4, -0.2) is 35.2 Å². The summed E-state index contributed by atoms with van der Waals surface area (Å²) in [6.07, 6.45) is 1.24. The van der Waals surface area contributed by atoms with Gasteiger partial charge >= 0.3 is 6.09 Å². The maximum absolute atomic E-state index is 12.7. The van der Waals surface area contributed by atoms with Crippen molar-refractivity contribution >= 4 is 6.09 Å². The molecule has 1 saturated heterocycles. The van der Waals surface area contributed by atoms with Gasteiger partial charge in [-0.05, 0) is 43.0 Å². The first kappa shape index (κ1) is 21.1. The predicted molar refractivity (Wildman–Crippen MR) is 122 cm³/mol. The zero-order valence-corrected chi connectivity index (χ0v) is 17.9. The van der Waals surface area contributed by atoms with Gasteiger partial charge < -0.3 is 10.1 Å². The molecule has 0 spiro atoms. The number of aryl methyl sites for hydroxylation is 1. The van der Waals surface area contributed by atoms with Crippen molar-refractivity contribution < 1.29 is 9.53 Å². The molecule has 2 heterocycles. The number of nitrogens with one attached hydrogen (secondary N) is 1. The minimum absolute atomic E-state index is 0.0612. The van der Waals surface area contributed by atoms with Crippen molar-refractivity contribution in [1.29, 1.82) is 0 Å². The van der Waals surface area contributed by atoms with E-state index in [-0.39, 0.29) is 18.2 Å². The van der Waals surface area contributed by atoms with Crippen LogP contribution in [0, 0.1) is 6.92 Å². The number of nitrogens with zero attached hydrogens (tertiary/aromatic N) is 2. The molecule has 1 aliphatic rings. The molecule has 0 bridgehead atoms. The summed E-state index contributed by atoms with van der Waals surface area (Å²) in [6, 6.07) is 25.9. The monoisotopic (exact) mass is 415 g/mol. The van der Waals surface area contributed by atoms with Crippen LogP contribution in [0.25, 0.3) is 0 Å². The largest absolute Gasteiger partial charge is 0.446 e. The van der Waals surface area contributed by atoms with Gasteiger partial charge in [-0.15, -0.1) is 0 Å². The van der Waals surface area contributed by atoms with E-state index < -0.39 is 0 Å². The first-order valence-electron chi connectivity index (χ1n) is 10.9. The molecule has 0 unspecified atom stereocenters. The van der Waals surface area contributed by atoms with E-state index in [0.29, 0.717) is 0 Å². The fourth-order valence-electron chi connectivity index (χ4n) is 4.06. The average Bonchev–Trinajstić information content (AvgIpc) is 2.80. The summed E-state index contributed by atoms with van der Waals surface area (Å²) in [7, 11) is 0. The maximum Gasteiger partial charge on any atom is 0.408 e. The lowest BCUT2D eigenvalue weighted by Gasteiger charge is -2.31. The van der Waals surface area contributed by atoms with Gasteiger partial charge in [-0.2, -0.15) is 0 Å². The number of carbonyl (C=O) groups is 1. The first-order valence-corrected chi connectivity index (χ1v) is 10.9. The second-order valence-corrected chi connectivity index (χ2v) is 8.05. The lowest BCUT2D eigenvalue weighted by Crippen LogP contribution is -2.40. The number of benzene rings is 2. The van der Waals surface area contributed by atoms with Gasteiger partial charge in [0.05, 0.1) is 11.7 Å². The molecule has 5 nitrogen and oxygen atoms in total. The predicted octanol–water partition coefficient (Wildman–Crippen LogP) is 4.87. The third-order valence-corrected chi connectivity index (χ3v) is 5.67. The van der Waals surface area contributed by atoms with Gasteiger partial charge in [0.2, 0.25) is 0 Å². The van der Waals surface area contributed by atoms with Crippen molar-refractivity contribution in [3.63, 3.8) is 0 Å². The standard InChI is InChI=1S/C26H29N3O2/c1-20-9-8-14-23(27-20)19-29-17-15-24(16-18-29)31-26(30)28-25(21-10-4-2-5-11-21)22-12-6-3-7-13-22/h2-14,24-25H,15-19H2,1H3,(H,28,30). The highest BCUT2D eigenvalue weighted by molar-refractivity contribution is 5.69. The second kappa shape index (κ2) is 10.2. The Hall–Kier alpha value is -3.18. The number of ether oxygens (including phenoxy) is 1. The highest BCUT2D eigenvalue weighted by Gasteiger charge is 2.24. The van der Waals surface area contributed by atoms with Crippen molar-refractivity contribution in [2.24, 2.45) is 0 Å². The summed E-state index contributed by atoms with van der Waals surface area (Å²) in [4.78, 5) is 19.7. The molecule has 0 atom stereocenters. The lowest BCUT2D eigenvalue weighted by atomic mass is 9.99. The van der Waals surface area contributed by atoms with Crippen LogP contribution in [0.4, 0.5) is 4.79 Å². The number of hydrogen-bond donors (Lipinski definition) is 1. The summed E-state index contributed by atoms with van der Waals surface area (Å²) in [5.74, 6) is 0. The van der Waals surface area contributed by atoms with Gasteiger partial charge in [-0.25, -0.2) is 4.79 Å². The summed E-state index contributed by atoms with van der Waals surface area (Å²) in [6.45, 7) is 4.65. The normalized spacial score (nSPS) is 15.0. The van der Waals surface area contributed by atoms with Gasteiger partial charge in [-0.3, -0.25) is 9.88 Å². The molecule has 1 aliphatic heterocycles. The zero-order valence-electron chi connectivity index (χ0n) is 17.9. The number of piperidine rings is 1. The Balaban J connectivity index is 1.32. The molecule has 1 amide bonds. The van der Waals surface area contributed by atoms with Crippen molar-refractivity contribution in [2.75, 3.05) is 13.1 Å². The Morgan fingerprint density at radius 3 is 2.16 bits per heavy atom. The van der Waals surface area contributed by atoms with E-state index in [1.165, 1.54) is 0 Å². The SMILES string of the molecule is Cc1cccc(CN2CCC(OC(=O)NC(c3ccccc3)c3ccccc3)CC2)n1. The van der Waals surface area contributed by atoms with Crippen LogP contribution >= 0.6 is 0 Å². The Bertz CT molecular complexity index is 931. The maximum atomic E-state index is 12.7. The van der Waals surface area contributed by atoms with E-state index in [1.807, 2.05) is 79.7 Å². The highest BCUT2D eigenvalue weighted by Crippen LogP contribution is 2.23. The van der Waals surface area contributed by atoms with Crippen LogP contribution in [0.5, 0.6) is 0 Å². The Morgan fingerprint density at radius 2 is 1.58 bits per heavy atom. The molecule has 1 fully saturated rings. The topological polar surface area (TPSA) is 54.5 Å². The van der Waals surface area contributed by atoms with E-state index in [4.69, 9.17) is 4.74 Å². The van der Waals surface area contributed by atoms with E-state index in [2.05, 4.69) is 21.3 Å². The van der Waals surface area contributed by atoms with E-state index in [0.717, 1.165) is 55.0 Å². The smallest absolute Gasteiger partial charge is 0.408 e. The number of aromatic nitrogens is 1. The number of carbonyl (C=O) groups excluding carboxylic acids is 1. The minimum Gasteiger partial charge on any atom is -0.446 e. The molecule has 1 N–H and O–H groups in total. The molecule has 0 aliphatic carbocycles. The van der Waals surface area contributed by atoms with Crippen molar-refractivity contribution in [2.45, 2.75) is 38.5 Å². The Kier molecular flexibility index (Phi) is 6.95. The van der Waals surface area contributed by atoms with Crippen LogP contribution in [-0.2, 0) is 11.3 Å². The summed E-state index contributed by atoms with van der Waals surface area (Å²) in [5.41, 5.74) is 4.20. The second-order valence-electron chi connectivity index (χ2n) is 8.05. The average molecular weight is 416 g/mol. The molecular formula is C26H29N3O2. The number of rotatable bonds is 6. The van der Waals surface area contributed by atoms with Gasteiger partial charge in [0, 0.05) is 25.3 Å². The molecule has 31 heavy (non-hydrogen) atoms. The number of likely N-dealkylation sites (tertiary alicyclic amines) is 1. The zero-order chi connectivity index (χ0) is 21.5. The molecule has 160 valence electrons. The number of amides is 1. The minimum atomic E-state index is -0.364. The van der Waals surface area contributed by atoms with Gasteiger partial charge in [0.15, 0.2) is 0 Å². The molecule has 0 saturated carbocycles. The summed E-state index contributed by atoms with van der Waals surface area (Å²) < 4.78 is 5.79. The molecule has 4 rings (SSSR count). The first-order chi connectivity index (χ1) is 15.2. The van der Waals surface area contributed by atoms with E-state index in [1.54, 1.807) is 0 Å². The third-order valence-electron chi connectivity index (χ3n) is 5.67. The molecule has 5 heteroatoms. The highest BCUT2D eigenvalue weighted by atomic mass is 16.6. The number of pyridine rings is 1. The molecule has 2 aromatic carbocycles. The van der Waals surface area contributed by atoms with Crippen LogP contribution in [0.2, 0.25) is 0 Å². The van der Waals surface area contributed by atoms with Crippen molar-refractivity contribution in [1.82, 2.24) is 15.2 Å². The Morgan fingerprint density at radius 1 is 0.968 bits per heavy atom. The quantitative estimate of drug-likeness (QED) is 0.624. The van der Waals surface area contributed by atoms with Crippen LogP contribution in [0.15, 0.2) is 78.9 Å². The van der Waals surface area contributed by atoms with Crippen molar-refractivity contribution in [3.05, 3.63) is 101 Å². The molecular weight excluding hydrogens is 386 g/mol. The van der Waals surface area contributed by atoms with E-state index in [9.17, 15) is 4.79 Å². The third kappa shape index (κ3) is 5.92. The number of alkyl carbamates (subject to hydrolysis) is 1. The summed E-state index contributed by atoms with van der Waals surface area (Å²) in [5, 5.41) is 3.07. The van der Waals surface area contributed by atoms with Gasteiger partial charge in [0.1, 0.15) is 6.10 Å². The van der Waals surface area contributed by atoms with Crippen LogP contribution < -0.4 is 5.32 Å². The number of hydrogen-bond acceptors (Lipinski definition) is 4. The van der Waals surface area contributed by atoms with Gasteiger partial charge in [-0.1, -0.05) is 66.7 Å². The van der Waals surface area contributed by atoms with Gasteiger partial charge in [0.25, 0.3) is 0 Å². The molecule has 0 radical (unpaired) electrons. The van der Waals surface area contributed by atoms with Crippen LogP contribution in [0.1, 0.15) is 41.4 Å². The lowest BCUT2D eigenvalue weighted by molar-refractivity contribution is 0.0473. The van der Waals surface area contributed by atoms with Crippen molar-refractivity contribution in [3.8, 4) is 0 Å². The molecule has 1 aromatic heterocycles. The Labute approximate surface area is 184 Å². The molecule has 3 aromatic rings. The van der Waals surface area contributed by atoms with E-state index >= 15 is 0 Å². The fourth-order valence-corrected chi connectivity index (χ4v) is 4.06. The summed E-state index contributed by atoms with van der Waals surface area (Å²) >= 11 is 0. The fraction of sp³-hybridized carbons (Fsp3) is 0.308. The van der Waals surface area contributed by atoms with Crippen LogP contribution in [0.3, 0.4) is 0 Å².